The fourth-order valence-corrected chi connectivity index (χ4v) is 18.5. The molecule has 0 spiro atoms. The first kappa shape index (κ1) is 46.2. The van der Waals surface area contributed by atoms with Crippen LogP contribution < -0.4 is 36.2 Å². The molecule has 1 aliphatic rings. The summed E-state index contributed by atoms with van der Waals surface area (Å²) in [7, 11) is -17.6. The van der Waals surface area contributed by atoms with Gasteiger partial charge in [0.05, 0.1) is 0 Å². The smallest absolute Gasteiger partial charge is 0.413 e. The van der Waals surface area contributed by atoms with E-state index in [4.69, 9.17) is 54.3 Å². The summed E-state index contributed by atoms with van der Waals surface area (Å²) in [5.41, 5.74) is 4.00. The monoisotopic (exact) mass is 980 g/mol. The quantitative estimate of drug-likeness (QED) is 0.0877. The first-order valence-corrected chi connectivity index (χ1v) is 27.7. The van der Waals surface area contributed by atoms with Gasteiger partial charge in [0.15, 0.2) is 0 Å². The van der Waals surface area contributed by atoms with Crippen LogP contribution in [0.1, 0.15) is 22.3 Å². The second kappa shape index (κ2) is 20.5. The van der Waals surface area contributed by atoms with Crippen molar-refractivity contribution in [3.05, 3.63) is 241 Å². The van der Waals surface area contributed by atoms with E-state index in [1.54, 1.807) is 48.5 Å². The summed E-state index contributed by atoms with van der Waals surface area (Å²) in [4.78, 5) is 0. The Bertz CT molecular complexity index is 2730. The Kier molecular flexibility index (Phi) is 13.9. The molecule has 9 rings (SSSR count). The minimum Gasteiger partial charge on any atom is -0.413 e. The van der Waals surface area contributed by atoms with E-state index >= 15 is 0 Å². The molecule has 0 radical (unpaired) electrons. The largest absolute Gasteiger partial charge is 0.460 e. The third-order valence-electron chi connectivity index (χ3n) is 9.76. The molecule has 0 unspecified atom stereocenters. The van der Waals surface area contributed by atoms with E-state index in [1.165, 1.54) is 0 Å². The number of para-hydroxylation sites is 4. The molecule has 8 aromatic rings. The van der Waals surface area contributed by atoms with E-state index in [0.29, 0.717) is 46.0 Å². The van der Waals surface area contributed by atoms with E-state index in [2.05, 4.69) is 0 Å². The van der Waals surface area contributed by atoms with Gasteiger partial charge in [-0.1, -0.05) is 162 Å². The van der Waals surface area contributed by atoms with Gasteiger partial charge < -0.3 is 36.2 Å². The molecular formula is C52H48N4O8P4. The molecule has 0 saturated carbocycles. The summed E-state index contributed by atoms with van der Waals surface area (Å²) in [6.45, 7) is 7.95. The van der Waals surface area contributed by atoms with Gasteiger partial charge in [-0.2, -0.15) is 0 Å². The molecule has 1 aliphatic heterocycles. The maximum atomic E-state index is 7.16. The van der Waals surface area contributed by atoms with Gasteiger partial charge in [-0.05, 0) is 125 Å². The van der Waals surface area contributed by atoms with Crippen LogP contribution in [0.15, 0.2) is 236 Å². The number of hydrogen-bond acceptors (Lipinski definition) is 12. The highest BCUT2D eigenvalue weighted by molar-refractivity contribution is 7.79. The Labute approximate surface area is 397 Å². The zero-order valence-electron chi connectivity index (χ0n) is 37.6. The average molecular weight is 981 g/mol. The highest BCUT2D eigenvalue weighted by atomic mass is 31.3. The molecular weight excluding hydrogens is 932 g/mol. The molecule has 1 heterocycles. The Morgan fingerprint density at radius 3 is 0.515 bits per heavy atom. The number of benzene rings is 8. The minimum absolute atomic E-state index is 0.361. The van der Waals surface area contributed by atoms with Gasteiger partial charge in [-0.25, -0.2) is 0 Å². The van der Waals surface area contributed by atoms with E-state index in [9.17, 15) is 0 Å². The maximum Gasteiger partial charge on any atom is 0.460 e. The topological polar surface area (TPSA) is 123 Å². The van der Waals surface area contributed by atoms with E-state index in [0.717, 1.165) is 22.3 Å². The van der Waals surface area contributed by atoms with Crippen LogP contribution in [0, 0.1) is 27.7 Å². The Hall–Kier alpha value is -6.92. The van der Waals surface area contributed by atoms with Crippen LogP contribution in [-0.4, -0.2) is 0 Å². The molecule has 0 amide bonds. The molecule has 0 N–H and O–H groups in total. The summed E-state index contributed by atoms with van der Waals surface area (Å²) in [6, 6.07) is 66.4. The Morgan fingerprint density at radius 2 is 0.353 bits per heavy atom. The second-order valence-corrected chi connectivity index (χ2v) is 23.8. The standard InChI is InChI=1S/C52H48N4O8P4/c1-41-25-33-49(34-26-41)61-65(57-45-17-9-5-10-18-45)53-66(58-46-19-11-6-12-20-46,62-50-35-27-42(2)28-36-50)55-68(60-48-23-15-8-16-24-48,64-52-39-31-44(4)32-40-52)56-67(54-65,59-47-21-13-7-14-22-47)63-51-37-29-43(3)30-38-51/h5-40H,1-4H3. The minimum atomic E-state index is -4.39. The van der Waals surface area contributed by atoms with Crippen LogP contribution in [0.5, 0.6) is 46.0 Å². The van der Waals surface area contributed by atoms with Gasteiger partial charge in [-0.15, -0.1) is 0 Å². The van der Waals surface area contributed by atoms with Gasteiger partial charge in [0.1, 0.15) is 46.0 Å². The highest BCUT2D eigenvalue weighted by Crippen LogP contribution is 2.79. The summed E-state index contributed by atoms with van der Waals surface area (Å²) < 4.78 is 79.5. The van der Waals surface area contributed by atoms with Crippen molar-refractivity contribution >= 4 is 30.6 Å². The maximum absolute atomic E-state index is 7.16. The van der Waals surface area contributed by atoms with Gasteiger partial charge in [-0.3, -0.25) is 0 Å². The first-order chi connectivity index (χ1) is 33.0. The van der Waals surface area contributed by atoms with Crippen molar-refractivity contribution in [2.45, 2.75) is 27.7 Å². The van der Waals surface area contributed by atoms with Crippen LogP contribution in [0.4, 0.5) is 0 Å². The fourth-order valence-electron chi connectivity index (χ4n) is 6.43. The Morgan fingerprint density at radius 1 is 0.206 bits per heavy atom. The zero-order chi connectivity index (χ0) is 46.9. The normalized spacial score (nSPS) is 20.8. The number of aryl methyl sites for hydroxylation is 4. The summed E-state index contributed by atoms with van der Waals surface area (Å²) in [5, 5.41) is 0. The Balaban J connectivity index is 1.48. The lowest BCUT2D eigenvalue weighted by Crippen LogP contribution is -2.11. The third-order valence-corrected chi connectivity index (χ3v) is 20.6. The summed E-state index contributed by atoms with van der Waals surface area (Å²) >= 11 is 0. The van der Waals surface area contributed by atoms with E-state index in [1.807, 2.05) is 198 Å². The average Bonchev–Trinajstić information content (AvgIpc) is 3.33. The molecule has 0 atom stereocenters. The van der Waals surface area contributed by atoms with Gasteiger partial charge in [0, 0.05) is 0 Å². The lowest BCUT2D eigenvalue weighted by Gasteiger charge is -2.33. The van der Waals surface area contributed by atoms with Crippen LogP contribution in [0.25, 0.3) is 0 Å². The van der Waals surface area contributed by atoms with Crippen molar-refractivity contribution in [1.29, 1.82) is 0 Å². The van der Waals surface area contributed by atoms with Crippen LogP contribution in [0.3, 0.4) is 0 Å². The van der Waals surface area contributed by atoms with Crippen molar-refractivity contribution in [3.8, 4) is 46.0 Å². The summed E-state index contributed by atoms with van der Waals surface area (Å²) in [6.07, 6.45) is 0. The van der Waals surface area contributed by atoms with Gasteiger partial charge >= 0.3 is 30.6 Å². The number of rotatable bonds is 16. The number of hydrogen-bond donors (Lipinski definition) is 0. The SMILES string of the molecule is Cc1ccc(OP2(Oc3ccccc3)=NP(Oc3ccccc3)(Oc3ccc(C)cc3)=NP(Oc3ccccc3)(Oc3ccc(C)cc3)=NP(Oc3ccccc3)(Oc3ccc(C)cc3)=N2)cc1. The van der Waals surface area contributed by atoms with Gasteiger partial charge in [0.25, 0.3) is 0 Å². The van der Waals surface area contributed by atoms with Crippen molar-refractivity contribution in [1.82, 2.24) is 0 Å². The van der Waals surface area contributed by atoms with Crippen molar-refractivity contribution in [2.75, 3.05) is 0 Å². The van der Waals surface area contributed by atoms with Gasteiger partial charge in [0.2, 0.25) is 0 Å². The molecule has 0 aliphatic carbocycles. The third kappa shape index (κ3) is 12.0. The molecule has 0 aromatic heterocycles. The zero-order valence-corrected chi connectivity index (χ0v) is 41.2. The second-order valence-electron chi connectivity index (χ2n) is 15.6. The van der Waals surface area contributed by atoms with Crippen molar-refractivity contribution < 1.29 is 36.2 Å². The fraction of sp³-hybridized carbons (Fsp3) is 0.0769. The lowest BCUT2D eigenvalue weighted by atomic mass is 10.2. The molecule has 8 aromatic carbocycles. The molecule has 12 nitrogen and oxygen atoms in total. The molecule has 68 heavy (non-hydrogen) atoms. The van der Waals surface area contributed by atoms with Crippen LogP contribution in [0.2, 0.25) is 0 Å². The van der Waals surface area contributed by atoms with Crippen LogP contribution in [-0.2, 0) is 0 Å². The molecule has 0 fully saturated rings. The van der Waals surface area contributed by atoms with Crippen molar-refractivity contribution in [3.63, 3.8) is 0 Å². The van der Waals surface area contributed by atoms with Crippen LogP contribution >= 0.6 is 30.6 Å². The molecule has 0 saturated heterocycles. The molecule has 0 bridgehead atoms. The first-order valence-electron chi connectivity index (χ1n) is 21.6. The number of nitrogens with zero attached hydrogens (tertiary/aromatic N) is 4. The van der Waals surface area contributed by atoms with E-state index in [-0.39, 0.29) is 0 Å². The highest BCUT2D eigenvalue weighted by Gasteiger charge is 2.49. The lowest BCUT2D eigenvalue weighted by molar-refractivity contribution is 0.444. The van der Waals surface area contributed by atoms with Crippen molar-refractivity contribution in [2.24, 2.45) is 18.1 Å². The molecule has 16 heteroatoms. The summed E-state index contributed by atoms with van der Waals surface area (Å²) in [5.74, 6) is 2.91. The predicted molar refractivity (Wildman–Crippen MR) is 273 cm³/mol. The van der Waals surface area contributed by atoms with E-state index < -0.39 is 30.6 Å². The molecule has 344 valence electrons. The predicted octanol–water partition coefficient (Wildman–Crippen LogP) is 17.7.